The lowest BCUT2D eigenvalue weighted by atomic mass is 9.87. The molecule has 0 aliphatic carbocycles. The zero-order valence-electron chi connectivity index (χ0n) is 20.1. The van der Waals surface area contributed by atoms with Crippen LogP contribution in [0.3, 0.4) is 0 Å². The second-order valence-electron chi connectivity index (χ2n) is 9.41. The van der Waals surface area contributed by atoms with Gasteiger partial charge in [-0.05, 0) is 42.9 Å². The number of amides is 1. The highest BCUT2D eigenvalue weighted by Crippen LogP contribution is 2.26. The molecule has 1 aromatic carbocycles. The maximum atomic E-state index is 11.6. The predicted molar refractivity (Wildman–Crippen MR) is 143 cm³/mol. The second-order valence-corrected chi connectivity index (χ2v) is 9.41. The highest BCUT2D eigenvalue weighted by atomic mass is 127. The van der Waals surface area contributed by atoms with E-state index in [-0.39, 0.29) is 41.2 Å². The smallest absolute Gasteiger partial charge is 0.222 e. The summed E-state index contributed by atoms with van der Waals surface area (Å²) in [5.41, 5.74) is 2.87. The van der Waals surface area contributed by atoms with Crippen LogP contribution in [-0.4, -0.2) is 50.6 Å². The van der Waals surface area contributed by atoms with Crippen LogP contribution in [0.2, 0.25) is 0 Å². The number of halogens is 1. The van der Waals surface area contributed by atoms with E-state index in [1.54, 1.807) is 0 Å². The van der Waals surface area contributed by atoms with E-state index in [1.807, 2.05) is 13.8 Å². The lowest BCUT2D eigenvalue weighted by Crippen LogP contribution is -2.49. The Bertz CT molecular complexity index is 689. The third kappa shape index (κ3) is 9.25. The van der Waals surface area contributed by atoms with Crippen LogP contribution in [-0.2, 0) is 10.2 Å². The van der Waals surface area contributed by atoms with Gasteiger partial charge in [-0.1, -0.05) is 46.8 Å². The van der Waals surface area contributed by atoms with Gasteiger partial charge in [0.15, 0.2) is 5.96 Å². The number of hydrogen-bond acceptors (Lipinski definition) is 3. The normalized spacial score (nSPS) is 15.5. The summed E-state index contributed by atoms with van der Waals surface area (Å²) in [4.78, 5) is 18.7. The average molecular weight is 544 g/mol. The van der Waals surface area contributed by atoms with E-state index in [4.69, 9.17) is 0 Å². The fourth-order valence-corrected chi connectivity index (χ4v) is 3.52. The molecule has 7 heteroatoms. The van der Waals surface area contributed by atoms with Crippen LogP contribution in [0.15, 0.2) is 29.3 Å². The molecule has 0 atom stereocenters. The van der Waals surface area contributed by atoms with E-state index < -0.39 is 0 Å². The van der Waals surface area contributed by atoms with Crippen LogP contribution in [0.4, 0.5) is 5.69 Å². The van der Waals surface area contributed by atoms with E-state index >= 15 is 0 Å². The fourth-order valence-electron chi connectivity index (χ4n) is 3.52. The number of piperidine rings is 1. The van der Waals surface area contributed by atoms with Gasteiger partial charge in [-0.3, -0.25) is 9.79 Å². The van der Waals surface area contributed by atoms with Crippen LogP contribution in [0.1, 0.15) is 59.9 Å². The van der Waals surface area contributed by atoms with Gasteiger partial charge in [0.1, 0.15) is 0 Å². The molecule has 0 aromatic heterocycles. The van der Waals surface area contributed by atoms with Gasteiger partial charge in [0.05, 0.1) is 6.54 Å². The average Bonchev–Trinajstić information content (AvgIpc) is 2.71. The minimum Gasteiger partial charge on any atom is -0.371 e. The first-order chi connectivity index (χ1) is 14.2. The summed E-state index contributed by atoms with van der Waals surface area (Å²) >= 11 is 0. The molecule has 0 unspecified atom stereocenters. The summed E-state index contributed by atoms with van der Waals surface area (Å²) in [5.74, 6) is 0.922. The molecule has 31 heavy (non-hydrogen) atoms. The van der Waals surface area contributed by atoms with Crippen molar-refractivity contribution in [1.82, 2.24) is 16.0 Å². The Morgan fingerprint density at radius 1 is 1.13 bits per heavy atom. The van der Waals surface area contributed by atoms with Crippen LogP contribution >= 0.6 is 24.0 Å². The number of carbonyl (C=O) groups excluding carboxylic acids is 1. The molecule has 1 aliphatic heterocycles. The summed E-state index contributed by atoms with van der Waals surface area (Å²) in [7, 11) is 0. The van der Waals surface area contributed by atoms with Gasteiger partial charge in [-0.25, -0.2) is 0 Å². The molecule has 3 N–H and O–H groups in total. The summed E-state index contributed by atoms with van der Waals surface area (Å²) < 4.78 is 0. The molecular formula is C24H42IN5O. The number of carbonyl (C=O) groups is 1. The Balaban J connectivity index is 0.00000480. The maximum absolute atomic E-state index is 11.6. The quantitative estimate of drug-likeness (QED) is 0.211. The molecule has 1 heterocycles. The first-order valence-corrected chi connectivity index (χ1v) is 11.4. The number of guanidine groups is 1. The SMILES string of the molecule is CCNC(=NCCNC(=O)C(C)C)NC1CCN(c2ccc(C(C)(C)C)cc2)CC1.I. The molecule has 1 amide bonds. The Morgan fingerprint density at radius 2 is 1.74 bits per heavy atom. The fraction of sp³-hybridized carbons (Fsp3) is 0.667. The largest absolute Gasteiger partial charge is 0.371 e. The first-order valence-electron chi connectivity index (χ1n) is 11.4. The zero-order chi connectivity index (χ0) is 22.1. The molecule has 0 bridgehead atoms. The van der Waals surface area contributed by atoms with Crippen molar-refractivity contribution in [2.24, 2.45) is 10.9 Å². The monoisotopic (exact) mass is 543 g/mol. The van der Waals surface area contributed by atoms with Crippen LogP contribution < -0.4 is 20.9 Å². The number of anilines is 1. The highest BCUT2D eigenvalue weighted by Gasteiger charge is 2.21. The number of nitrogens with one attached hydrogen (secondary N) is 3. The van der Waals surface area contributed by atoms with Gasteiger partial charge in [-0.15, -0.1) is 24.0 Å². The Morgan fingerprint density at radius 3 is 2.26 bits per heavy atom. The van der Waals surface area contributed by atoms with Crippen molar-refractivity contribution < 1.29 is 4.79 Å². The van der Waals surface area contributed by atoms with Crippen molar-refractivity contribution in [3.8, 4) is 0 Å². The van der Waals surface area contributed by atoms with Gasteiger partial charge in [0, 0.05) is 43.8 Å². The van der Waals surface area contributed by atoms with Crippen molar-refractivity contribution in [2.45, 2.75) is 65.8 Å². The highest BCUT2D eigenvalue weighted by molar-refractivity contribution is 14.0. The van der Waals surface area contributed by atoms with Gasteiger partial charge in [0.2, 0.25) is 5.91 Å². The van der Waals surface area contributed by atoms with E-state index in [9.17, 15) is 4.79 Å². The second kappa shape index (κ2) is 13.1. The Hall–Kier alpha value is -1.51. The number of hydrogen-bond donors (Lipinski definition) is 3. The number of rotatable bonds is 7. The van der Waals surface area contributed by atoms with E-state index in [0.717, 1.165) is 38.4 Å². The molecule has 1 saturated heterocycles. The standard InChI is InChI=1S/C24H41N5O.HI/c1-7-25-23(27-15-14-26-22(30)18(2)3)28-20-12-16-29(17-13-20)21-10-8-19(9-11-21)24(4,5)6;/h8-11,18,20H,7,12-17H2,1-6H3,(H,26,30)(H2,25,27,28);1H. The van der Waals surface area contributed by atoms with Crippen molar-refractivity contribution >= 4 is 41.5 Å². The first kappa shape index (κ1) is 27.5. The summed E-state index contributed by atoms with van der Waals surface area (Å²) in [6, 6.07) is 9.44. The molecule has 1 aliphatic rings. The Kier molecular flexibility index (Phi) is 11.7. The van der Waals surface area contributed by atoms with E-state index in [0.29, 0.717) is 19.1 Å². The molecular weight excluding hydrogens is 501 g/mol. The van der Waals surface area contributed by atoms with Crippen molar-refractivity contribution in [3.05, 3.63) is 29.8 Å². The summed E-state index contributed by atoms with van der Waals surface area (Å²) in [6.07, 6.45) is 2.16. The molecule has 0 saturated carbocycles. The van der Waals surface area contributed by atoms with Crippen LogP contribution in [0, 0.1) is 5.92 Å². The van der Waals surface area contributed by atoms with Crippen molar-refractivity contribution in [3.63, 3.8) is 0 Å². The van der Waals surface area contributed by atoms with Gasteiger partial charge < -0.3 is 20.9 Å². The van der Waals surface area contributed by atoms with Gasteiger partial charge >= 0.3 is 0 Å². The van der Waals surface area contributed by atoms with E-state index in [2.05, 4.69) is 77.8 Å². The minimum absolute atomic E-state index is 0. The lowest BCUT2D eigenvalue weighted by molar-refractivity contribution is -0.123. The topological polar surface area (TPSA) is 68.8 Å². The minimum atomic E-state index is 0. The summed E-state index contributed by atoms with van der Waals surface area (Å²) in [6.45, 7) is 16.7. The molecule has 0 radical (unpaired) electrons. The molecule has 176 valence electrons. The third-order valence-electron chi connectivity index (χ3n) is 5.48. The summed E-state index contributed by atoms with van der Waals surface area (Å²) in [5, 5.41) is 9.80. The van der Waals surface area contributed by atoms with Gasteiger partial charge in [0.25, 0.3) is 0 Å². The van der Waals surface area contributed by atoms with Gasteiger partial charge in [-0.2, -0.15) is 0 Å². The maximum Gasteiger partial charge on any atom is 0.222 e. The number of nitrogens with zero attached hydrogens (tertiary/aromatic N) is 2. The lowest BCUT2D eigenvalue weighted by Gasteiger charge is -2.35. The molecule has 6 nitrogen and oxygen atoms in total. The van der Waals surface area contributed by atoms with E-state index in [1.165, 1.54) is 11.3 Å². The molecule has 1 fully saturated rings. The number of aliphatic imine (C=N–C) groups is 1. The molecule has 1 aromatic rings. The molecule has 0 spiro atoms. The Labute approximate surface area is 206 Å². The van der Waals surface area contributed by atoms with Crippen molar-refractivity contribution in [2.75, 3.05) is 37.6 Å². The zero-order valence-corrected chi connectivity index (χ0v) is 22.5. The van der Waals surface area contributed by atoms with Crippen LogP contribution in [0.5, 0.6) is 0 Å². The third-order valence-corrected chi connectivity index (χ3v) is 5.48. The van der Waals surface area contributed by atoms with Crippen molar-refractivity contribution in [1.29, 1.82) is 0 Å². The predicted octanol–water partition coefficient (Wildman–Crippen LogP) is 3.90. The molecule has 2 rings (SSSR count). The van der Waals surface area contributed by atoms with Crippen LogP contribution in [0.25, 0.3) is 0 Å². The number of benzene rings is 1.